The number of aliphatic hydroxyl groups is 1. The lowest BCUT2D eigenvalue weighted by atomic mass is 9.95. The molecule has 2 unspecified atom stereocenters. The van der Waals surface area contributed by atoms with E-state index in [1.807, 2.05) is 30.3 Å². The second-order valence-electron chi connectivity index (χ2n) is 5.75. The summed E-state index contributed by atoms with van der Waals surface area (Å²) in [7, 11) is 0. The van der Waals surface area contributed by atoms with Gasteiger partial charge in [0.2, 0.25) is 5.82 Å². The van der Waals surface area contributed by atoms with Gasteiger partial charge in [-0.25, -0.2) is 9.89 Å². The highest BCUT2D eigenvalue weighted by atomic mass is 16.5. The predicted molar refractivity (Wildman–Crippen MR) is 92.4 cm³/mol. The van der Waals surface area contributed by atoms with Gasteiger partial charge in [0.25, 0.3) is 5.91 Å². The van der Waals surface area contributed by atoms with Crippen LogP contribution < -0.4 is 11.0 Å². The molecule has 0 fully saturated rings. The fourth-order valence-corrected chi connectivity index (χ4v) is 2.57. The van der Waals surface area contributed by atoms with Gasteiger partial charge in [0.1, 0.15) is 0 Å². The van der Waals surface area contributed by atoms with Crippen LogP contribution in [0.15, 0.2) is 35.1 Å². The number of carbonyl (C=O) groups is 2. The van der Waals surface area contributed by atoms with Crippen LogP contribution in [0.1, 0.15) is 29.5 Å². The molecule has 2 aromatic rings. The number of nitrogens with one attached hydrogen (secondary N) is 3. The molecule has 1 aromatic heterocycles. The number of esters is 1. The van der Waals surface area contributed by atoms with Crippen molar-refractivity contribution in [1.29, 1.82) is 0 Å². The molecule has 0 aliphatic heterocycles. The second-order valence-corrected chi connectivity index (χ2v) is 5.75. The first kappa shape index (κ1) is 19.4. The van der Waals surface area contributed by atoms with Crippen LogP contribution in [0, 0.1) is 5.92 Å². The van der Waals surface area contributed by atoms with Crippen molar-refractivity contribution in [2.45, 2.75) is 25.8 Å². The summed E-state index contributed by atoms with van der Waals surface area (Å²) in [6, 6.07) is 8.94. The highest BCUT2D eigenvalue weighted by molar-refractivity contribution is 5.90. The lowest BCUT2D eigenvalue weighted by molar-refractivity contribution is -0.149. The van der Waals surface area contributed by atoms with E-state index in [9.17, 15) is 19.5 Å². The topological polar surface area (TPSA) is 137 Å². The zero-order valence-electron chi connectivity index (χ0n) is 14.4. The number of rotatable bonds is 9. The van der Waals surface area contributed by atoms with Crippen LogP contribution in [0.4, 0.5) is 0 Å². The van der Waals surface area contributed by atoms with Gasteiger partial charge in [-0.2, -0.15) is 0 Å². The summed E-state index contributed by atoms with van der Waals surface area (Å²) in [5.41, 5.74) is 0.364. The summed E-state index contributed by atoms with van der Waals surface area (Å²) < 4.78 is 4.96. The average Bonchev–Trinajstić information content (AvgIpc) is 3.07. The fraction of sp³-hybridized carbons (Fsp3) is 0.412. The van der Waals surface area contributed by atoms with Crippen LogP contribution in [-0.4, -0.2) is 51.4 Å². The van der Waals surface area contributed by atoms with Crippen molar-refractivity contribution in [1.82, 2.24) is 20.5 Å². The molecule has 140 valence electrons. The number of amides is 1. The van der Waals surface area contributed by atoms with E-state index < -0.39 is 29.5 Å². The number of aliphatic hydroxyl groups excluding tert-OH is 1. The van der Waals surface area contributed by atoms with Gasteiger partial charge in [0.15, 0.2) is 0 Å². The Hall–Kier alpha value is -2.94. The Labute approximate surface area is 149 Å². The Morgan fingerprint density at radius 3 is 2.62 bits per heavy atom. The molecule has 1 heterocycles. The first-order valence-electron chi connectivity index (χ1n) is 8.30. The van der Waals surface area contributed by atoms with E-state index in [0.717, 1.165) is 5.56 Å². The van der Waals surface area contributed by atoms with Crippen molar-refractivity contribution in [3.05, 3.63) is 52.2 Å². The average molecular weight is 362 g/mol. The SMILES string of the molecule is CCOC(=O)C(CO)CC(Cc1ccccc1)NC(=O)c1n[nH]c(=O)[nH]1. The summed E-state index contributed by atoms with van der Waals surface area (Å²) >= 11 is 0. The zero-order chi connectivity index (χ0) is 18.9. The molecule has 9 nitrogen and oxygen atoms in total. The third kappa shape index (κ3) is 5.55. The van der Waals surface area contributed by atoms with E-state index in [1.54, 1.807) is 6.92 Å². The maximum Gasteiger partial charge on any atom is 0.341 e. The molecule has 0 bridgehead atoms. The summed E-state index contributed by atoms with van der Waals surface area (Å²) in [6.07, 6.45) is 0.627. The van der Waals surface area contributed by atoms with Crippen LogP contribution in [0.2, 0.25) is 0 Å². The van der Waals surface area contributed by atoms with Gasteiger partial charge in [-0.1, -0.05) is 30.3 Å². The van der Waals surface area contributed by atoms with Crippen molar-refractivity contribution in [2.75, 3.05) is 13.2 Å². The number of nitrogens with zero attached hydrogens (tertiary/aromatic N) is 1. The highest BCUT2D eigenvalue weighted by Gasteiger charge is 2.26. The molecule has 26 heavy (non-hydrogen) atoms. The fourth-order valence-electron chi connectivity index (χ4n) is 2.57. The van der Waals surface area contributed by atoms with E-state index in [2.05, 4.69) is 20.5 Å². The first-order valence-corrected chi connectivity index (χ1v) is 8.30. The molecule has 0 saturated heterocycles. The van der Waals surface area contributed by atoms with Crippen molar-refractivity contribution in [3.8, 4) is 0 Å². The standard InChI is InChI=1S/C17H22N4O5/c1-2-26-16(24)12(10-22)9-13(8-11-6-4-3-5-7-11)18-15(23)14-19-17(25)21-20-14/h3-7,12-13,22H,2,8-10H2,1H3,(H,18,23)(H2,19,20,21,25). The van der Waals surface area contributed by atoms with E-state index >= 15 is 0 Å². The molecule has 0 radical (unpaired) electrons. The molecule has 0 spiro atoms. The molecule has 9 heteroatoms. The van der Waals surface area contributed by atoms with Gasteiger partial charge < -0.3 is 15.2 Å². The third-order valence-corrected chi connectivity index (χ3v) is 3.79. The van der Waals surface area contributed by atoms with Crippen LogP contribution >= 0.6 is 0 Å². The number of hydrogen-bond donors (Lipinski definition) is 4. The molecular formula is C17H22N4O5. The van der Waals surface area contributed by atoms with Crippen molar-refractivity contribution >= 4 is 11.9 Å². The number of H-pyrrole nitrogens is 2. The molecule has 0 saturated carbocycles. The number of carbonyl (C=O) groups excluding carboxylic acids is 2. The van der Waals surface area contributed by atoms with Gasteiger partial charge >= 0.3 is 11.7 Å². The smallest absolute Gasteiger partial charge is 0.341 e. The molecule has 4 N–H and O–H groups in total. The Morgan fingerprint density at radius 1 is 1.31 bits per heavy atom. The van der Waals surface area contributed by atoms with Crippen LogP contribution in [0.5, 0.6) is 0 Å². The molecule has 0 aliphatic carbocycles. The second kappa shape index (κ2) is 9.52. The third-order valence-electron chi connectivity index (χ3n) is 3.79. The van der Waals surface area contributed by atoms with Gasteiger partial charge in [-0.15, -0.1) is 5.10 Å². The van der Waals surface area contributed by atoms with E-state index in [-0.39, 0.29) is 25.5 Å². The number of benzene rings is 1. The number of aromatic amines is 2. The molecule has 1 amide bonds. The largest absolute Gasteiger partial charge is 0.466 e. The van der Waals surface area contributed by atoms with Crippen LogP contribution in [-0.2, 0) is 16.0 Å². The molecule has 0 aliphatic rings. The van der Waals surface area contributed by atoms with Crippen molar-refractivity contribution < 1.29 is 19.4 Å². The van der Waals surface area contributed by atoms with Gasteiger partial charge in [-0.05, 0) is 25.3 Å². The van der Waals surface area contributed by atoms with Gasteiger partial charge in [0, 0.05) is 6.04 Å². The number of hydrogen-bond acceptors (Lipinski definition) is 6. The summed E-state index contributed by atoms with van der Waals surface area (Å²) in [6.45, 7) is 1.50. The predicted octanol–water partition coefficient (Wildman–Crippen LogP) is 0.000800. The normalized spacial score (nSPS) is 13.0. The minimum atomic E-state index is -0.762. The molecule has 2 atom stereocenters. The number of ether oxygens (including phenoxy) is 1. The lowest BCUT2D eigenvalue weighted by Gasteiger charge is -2.22. The highest BCUT2D eigenvalue weighted by Crippen LogP contribution is 2.14. The molecule has 2 rings (SSSR count). The monoisotopic (exact) mass is 362 g/mol. The zero-order valence-corrected chi connectivity index (χ0v) is 14.4. The molecular weight excluding hydrogens is 340 g/mol. The van der Waals surface area contributed by atoms with Crippen molar-refractivity contribution in [3.63, 3.8) is 0 Å². The van der Waals surface area contributed by atoms with Crippen molar-refractivity contribution in [2.24, 2.45) is 5.92 Å². The Morgan fingerprint density at radius 2 is 2.04 bits per heavy atom. The van der Waals surface area contributed by atoms with E-state index in [4.69, 9.17) is 4.74 Å². The van der Waals surface area contributed by atoms with Crippen LogP contribution in [0.3, 0.4) is 0 Å². The van der Waals surface area contributed by atoms with Gasteiger partial charge in [-0.3, -0.25) is 14.6 Å². The van der Waals surface area contributed by atoms with E-state index in [1.165, 1.54) is 0 Å². The molecule has 1 aromatic carbocycles. The first-order chi connectivity index (χ1) is 12.5. The van der Waals surface area contributed by atoms with Crippen LogP contribution in [0.25, 0.3) is 0 Å². The Balaban J connectivity index is 2.13. The quantitative estimate of drug-likeness (QED) is 0.464. The minimum absolute atomic E-state index is 0.148. The summed E-state index contributed by atoms with van der Waals surface area (Å²) in [5, 5.41) is 18.0. The maximum atomic E-state index is 12.3. The Kier molecular flexibility index (Phi) is 7.10. The lowest BCUT2D eigenvalue weighted by Crippen LogP contribution is -2.40. The van der Waals surface area contributed by atoms with E-state index in [0.29, 0.717) is 6.42 Å². The summed E-state index contributed by atoms with van der Waals surface area (Å²) in [4.78, 5) is 37.6. The maximum absolute atomic E-state index is 12.3. The summed E-state index contributed by atoms with van der Waals surface area (Å²) in [5.74, 6) is -2.01. The minimum Gasteiger partial charge on any atom is -0.466 e. The Bertz CT molecular complexity index is 771. The van der Waals surface area contributed by atoms with Gasteiger partial charge in [0.05, 0.1) is 19.1 Å². The number of aromatic nitrogens is 3.